The molecule has 0 aliphatic carbocycles. The van der Waals surface area contributed by atoms with Gasteiger partial charge in [0.2, 0.25) is 0 Å². The van der Waals surface area contributed by atoms with Crippen LogP contribution in [0, 0.1) is 0 Å². The summed E-state index contributed by atoms with van der Waals surface area (Å²) in [6.45, 7) is 0. The van der Waals surface area contributed by atoms with Gasteiger partial charge in [-0.2, -0.15) is 0 Å². The summed E-state index contributed by atoms with van der Waals surface area (Å²) in [6.07, 6.45) is 1.23. The summed E-state index contributed by atoms with van der Waals surface area (Å²) in [7, 11) is -3.27. The van der Waals surface area contributed by atoms with Gasteiger partial charge in [0, 0.05) is 28.3 Å². The van der Waals surface area contributed by atoms with Crippen LogP contribution in [0.2, 0.25) is 10.0 Å². The number of ketones is 1. The molecule has 0 aromatic heterocycles. The van der Waals surface area contributed by atoms with E-state index in [2.05, 4.69) is 0 Å². The third kappa shape index (κ3) is 4.06. The molecule has 0 fully saturated rings. The molecule has 0 atom stereocenters. The molecular weight excluding hydrogens is 331 g/mol. The van der Waals surface area contributed by atoms with Gasteiger partial charge < -0.3 is 0 Å². The zero-order valence-corrected chi connectivity index (χ0v) is 13.5. The maximum absolute atomic E-state index is 12.2. The van der Waals surface area contributed by atoms with E-state index in [0.29, 0.717) is 21.2 Å². The molecule has 0 amide bonds. The first-order valence-electron chi connectivity index (χ1n) is 6.04. The summed E-state index contributed by atoms with van der Waals surface area (Å²) in [4.78, 5) is 12.4. The number of carbonyl (C=O) groups excluding carboxylic acids is 1. The van der Waals surface area contributed by atoms with Gasteiger partial charge in [0.25, 0.3) is 0 Å². The molecule has 0 heterocycles. The van der Waals surface area contributed by atoms with Crippen LogP contribution in [0.25, 0.3) is 0 Å². The Morgan fingerprint density at radius 1 is 1.05 bits per heavy atom. The van der Waals surface area contributed by atoms with Gasteiger partial charge in [-0.1, -0.05) is 35.3 Å². The van der Waals surface area contributed by atoms with E-state index in [1.165, 1.54) is 24.3 Å². The Hall–Kier alpha value is -1.36. The van der Waals surface area contributed by atoms with Gasteiger partial charge in [-0.05, 0) is 35.9 Å². The number of Topliss-reactive ketones (excluding diaryl/α,β-unsaturated/α-hetero) is 1. The molecule has 0 aliphatic heterocycles. The van der Waals surface area contributed by atoms with Gasteiger partial charge in [-0.25, -0.2) is 8.42 Å². The summed E-state index contributed by atoms with van der Waals surface area (Å²) < 4.78 is 22.7. The second-order valence-electron chi connectivity index (χ2n) is 4.63. The number of halogens is 2. The number of sulfone groups is 1. The fourth-order valence-corrected chi connectivity index (χ4v) is 2.85. The van der Waals surface area contributed by atoms with Gasteiger partial charge in [0.1, 0.15) is 0 Å². The molecule has 0 saturated carbocycles. The van der Waals surface area contributed by atoms with Crippen molar-refractivity contribution in [1.82, 2.24) is 0 Å². The Bertz CT molecular complexity index is 781. The number of benzene rings is 2. The van der Waals surface area contributed by atoms with E-state index in [1.807, 2.05) is 0 Å². The maximum atomic E-state index is 12.2. The molecule has 110 valence electrons. The molecule has 21 heavy (non-hydrogen) atoms. The van der Waals surface area contributed by atoms with Crippen molar-refractivity contribution >= 4 is 38.8 Å². The van der Waals surface area contributed by atoms with Crippen molar-refractivity contribution in [2.75, 3.05) is 6.26 Å². The third-order valence-corrected chi connectivity index (χ3v) is 4.70. The molecule has 2 aromatic carbocycles. The second kappa shape index (κ2) is 6.18. The van der Waals surface area contributed by atoms with Gasteiger partial charge in [-0.15, -0.1) is 0 Å². The third-order valence-electron chi connectivity index (χ3n) is 2.96. The van der Waals surface area contributed by atoms with Crippen molar-refractivity contribution in [3.8, 4) is 0 Å². The molecule has 2 rings (SSSR count). The first-order valence-corrected chi connectivity index (χ1v) is 8.69. The molecule has 2 aromatic rings. The van der Waals surface area contributed by atoms with Crippen molar-refractivity contribution in [3.63, 3.8) is 0 Å². The lowest BCUT2D eigenvalue weighted by Crippen LogP contribution is -2.05. The molecule has 0 aliphatic rings. The minimum absolute atomic E-state index is 0.109. The fraction of sp³-hybridized carbons (Fsp3) is 0.133. The van der Waals surface area contributed by atoms with Crippen molar-refractivity contribution in [3.05, 3.63) is 63.6 Å². The highest BCUT2D eigenvalue weighted by Gasteiger charge is 2.12. The SMILES string of the molecule is CS(=O)(=O)c1ccc(C(=O)Cc2cc(Cl)ccc2Cl)cc1. The van der Waals surface area contributed by atoms with Gasteiger partial charge in [0.05, 0.1) is 4.90 Å². The highest BCUT2D eigenvalue weighted by atomic mass is 35.5. The highest BCUT2D eigenvalue weighted by Crippen LogP contribution is 2.22. The molecule has 0 N–H and O–H groups in total. The van der Waals surface area contributed by atoms with Crippen LogP contribution in [-0.2, 0) is 16.3 Å². The molecule has 0 saturated heterocycles. The zero-order valence-electron chi connectivity index (χ0n) is 11.1. The molecule has 0 unspecified atom stereocenters. The van der Waals surface area contributed by atoms with E-state index >= 15 is 0 Å². The topological polar surface area (TPSA) is 51.2 Å². The minimum Gasteiger partial charge on any atom is -0.294 e. The van der Waals surface area contributed by atoms with Crippen LogP contribution in [0.1, 0.15) is 15.9 Å². The Morgan fingerprint density at radius 2 is 1.67 bits per heavy atom. The summed E-state index contributed by atoms with van der Waals surface area (Å²) in [6, 6.07) is 10.8. The lowest BCUT2D eigenvalue weighted by molar-refractivity contribution is 0.0993. The fourth-order valence-electron chi connectivity index (χ4n) is 1.84. The lowest BCUT2D eigenvalue weighted by atomic mass is 10.0. The monoisotopic (exact) mass is 342 g/mol. The van der Waals surface area contributed by atoms with Crippen LogP contribution in [0.15, 0.2) is 47.4 Å². The van der Waals surface area contributed by atoms with Crippen LogP contribution >= 0.6 is 23.2 Å². The molecule has 0 spiro atoms. The standard InChI is InChI=1S/C15H12Cl2O3S/c1-21(19,20)13-5-2-10(3-6-13)15(18)9-11-8-12(16)4-7-14(11)17/h2-8H,9H2,1H3. The second-order valence-corrected chi connectivity index (χ2v) is 7.49. The molecule has 3 nitrogen and oxygen atoms in total. The van der Waals surface area contributed by atoms with Crippen LogP contribution in [0.4, 0.5) is 0 Å². The molecule has 6 heteroatoms. The van der Waals surface area contributed by atoms with Crippen LogP contribution in [0.3, 0.4) is 0 Å². The van der Waals surface area contributed by atoms with E-state index in [9.17, 15) is 13.2 Å². The van der Waals surface area contributed by atoms with E-state index in [4.69, 9.17) is 23.2 Å². The summed E-state index contributed by atoms with van der Waals surface area (Å²) in [5.74, 6) is -0.154. The molecule has 0 radical (unpaired) electrons. The van der Waals surface area contributed by atoms with Gasteiger partial charge in [-0.3, -0.25) is 4.79 Å². The quantitative estimate of drug-likeness (QED) is 0.793. The van der Waals surface area contributed by atoms with Crippen LogP contribution < -0.4 is 0 Å². The smallest absolute Gasteiger partial charge is 0.175 e. The van der Waals surface area contributed by atoms with Crippen LogP contribution in [-0.4, -0.2) is 20.5 Å². The van der Waals surface area contributed by atoms with E-state index in [-0.39, 0.29) is 17.1 Å². The normalized spacial score (nSPS) is 11.4. The molecule has 0 bridgehead atoms. The summed E-state index contributed by atoms with van der Waals surface area (Å²) in [5, 5.41) is 0.982. The number of hydrogen-bond acceptors (Lipinski definition) is 3. The maximum Gasteiger partial charge on any atom is 0.175 e. The Morgan fingerprint density at radius 3 is 2.24 bits per heavy atom. The number of carbonyl (C=O) groups is 1. The number of rotatable bonds is 4. The zero-order chi connectivity index (χ0) is 15.6. The predicted molar refractivity (Wildman–Crippen MR) is 84.0 cm³/mol. The van der Waals surface area contributed by atoms with Gasteiger partial charge in [0.15, 0.2) is 15.6 Å². The first kappa shape index (κ1) is 16.0. The average Bonchev–Trinajstić information content (AvgIpc) is 2.42. The van der Waals surface area contributed by atoms with E-state index in [0.717, 1.165) is 6.26 Å². The van der Waals surface area contributed by atoms with Crippen molar-refractivity contribution in [2.45, 2.75) is 11.3 Å². The predicted octanol–water partition coefficient (Wildman–Crippen LogP) is 3.82. The highest BCUT2D eigenvalue weighted by molar-refractivity contribution is 7.90. The van der Waals surface area contributed by atoms with Crippen molar-refractivity contribution in [1.29, 1.82) is 0 Å². The molecular formula is C15H12Cl2O3S. The minimum atomic E-state index is -3.27. The van der Waals surface area contributed by atoms with Gasteiger partial charge >= 0.3 is 0 Å². The summed E-state index contributed by atoms with van der Waals surface area (Å²) >= 11 is 11.9. The largest absolute Gasteiger partial charge is 0.294 e. The average molecular weight is 343 g/mol. The van der Waals surface area contributed by atoms with Crippen LogP contribution in [0.5, 0.6) is 0 Å². The Balaban J connectivity index is 2.23. The summed E-state index contributed by atoms with van der Waals surface area (Å²) in [5.41, 5.74) is 1.07. The van der Waals surface area contributed by atoms with Crippen molar-refractivity contribution < 1.29 is 13.2 Å². The first-order chi connectivity index (χ1) is 9.77. The Kier molecular flexibility index (Phi) is 4.71. The number of hydrogen-bond donors (Lipinski definition) is 0. The Labute approximate surface area is 133 Å². The lowest BCUT2D eigenvalue weighted by Gasteiger charge is -2.05. The van der Waals surface area contributed by atoms with E-state index in [1.54, 1.807) is 18.2 Å². The van der Waals surface area contributed by atoms with E-state index < -0.39 is 9.84 Å². The van der Waals surface area contributed by atoms with Crippen molar-refractivity contribution in [2.24, 2.45) is 0 Å².